The minimum absolute atomic E-state index is 0.0364. The predicted molar refractivity (Wildman–Crippen MR) is 85.2 cm³/mol. The van der Waals surface area contributed by atoms with E-state index in [0.717, 1.165) is 45.4 Å². The summed E-state index contributed by atoms with van der Waals surface area (Å²) >= 11 is 0. The van der Waals surface area contributed by atoms with E-state index in [2.05, 4.69) is 31.0 Å². The molecule has 0 radical (unpaired) electrons. The third-order valence-corrected chi connectivity index (χ3v) is 4.83. The molecular weight excluding hydrogens is 264 g/mol. The first-order valence-corrected chi connectivity index (χ1v) is 8.58. The fraction of sp³-hybridized carbons (Fsp3) is 0.941. The number of carbonyl (C=O) groups is 1. The molecule has 1 heterocycles. The lowest BCUT2D eigenvalue weighted by atomic mass is 9.91. The van der Waals surface area contributed by atoms with Crippen molar-refractivity contribution in [1.29, 1.82) is 0 Å². The minimum atomic E-state index is -0.480. The molecule has 0 aromatic heterocycles. The van der Waals surface area contributed by atoms with Gasteiger partial charge in [-0.05, 0) is 57.0 Å². The van der Waals surface area contributed by atoms with Gasteiger partial charge in [0.15, 0.2) is 0 Å². The Bertz CT molecular complexity index is 366. The Morgan fingerprint density at radius 2 is 2.10 bits per heavy atom. The van der Waals surface area contributed by atoms with Crippen molar-refractivity contribution in [3.63, 3.8) is 0 Å². The number of hydrogen-bond donors (Lipinski definition) is 1. The summed E-state index contributed by atoms with van der Waals surface area (Å²) in [5.74, 6) is 0.414. The lowest BCUT2D eigenvalue weighted by molar-refractivity contribution is -0.153. The Balaban J connectivity index is 2.11. The van der Waals surface area contributed by atoms with Crippen molar-refractivity contribution in [2.45, 2.75) is 58.9 Å². The van der Waals surface area contributed by atoms with Crippen LogP contribution >= 0.6 is 0 Å². The topological polar surface area (TPSA) is 41.6 Å². The number of rotatable bonds is 8. The molecule has 1 saturated heterocycles. The number of ether oxygens (including phenoxy) is 1. The van der Waals surface area contributed by atoms with Gasteiger partial charge in [0, 0.05) is 13.1 Å². The molecule has 122 valence electrons. The van der Waals surface area contributed by atoms with Gasteiger partial charge in [-0.2, -0.15) is 0 Å². The minimum Gasteiger partial charge on any atom is -0.465 e. The van der Waals surface area contributed by atoms with Crippen molar-refractivity contribution in [2.75, 3.05) is 32.8 Å². The Morgan fingerprint density at radius 1 is 1.38 bits per heavy atom. The van der Waals surface area contributed by atoms with Gasteiger partial charge < -0.3 is 15.0 Å². The third kappa shape index (κ3) is 3.98. The van der Waals surface area contributed by atoms with Gasteiger partial charge >= 0.3 is 5.97 Å². The number of likely N-dealkylation sites (tertiary alicyclic amines) is 1. The molecule has 2 rings (SSSR count). The van der Waals surface area contributed by atoms with E-state index in [-0.39, 0.29) is 5.97 Å². The molecule has 4 nitrogen and oxygen atoms in total. The van der Waals surface area contributed by atoms with Crippen molar-refractivity contribution in [1.82, 2.24) is 10.2 Å². The summed E-state index contributed by atoms with van der Waals surface area (Å²) in [6.07, 6.45) is 4.54. The van der Waals surface area contributed by atoms with Crippen LogP contribution in [0, 0.1) is 11.3 Å². The van der Waals surface area contributed by atoms with Crippen molar-refractivity contribution in [2.24, 2.45) is 11.3 Å². The fourth-order valence-electron chi connectivity index (χ4n) is 3.53. The molecule has 21 heavy (non-hydrogen) atoms. The zero-order chi connectivity index (χ0) is 15.5. The fourth-order valence-corrected chi connectivity index (χ4v) is 3.53. The van der Waals surface area contributed by atoms with Crippen molar-refractivity contribution in [3.8, 4) is 0 Å². The second-order valence-corrected chi connectivity index (χ2v) is 7.52. The van der Waals surface area contributed by atoms with Crippen LogP contribution in [0.3, 0.4) is 0 Å². The average Bonchev–Trinajstić information content (AvgIpc) is 3.21. The highest BCUT2D eigenvalue weighted by molar-refractivity contribution is 5.82. The first kappa shape index (κ1) is 16.8. The summed E-state index contributed by atoms with van der Waals surface area (Å²) in [5, 5.41) is 3.57. The van der Waals surface area contributed by atoms with Gasteiger partial charge in [-0.25, -0.2) is 4.79 Å². The van der Waals surface area contributed by atoms with Crippen LogP contribution in [0.25, 0.3) is 0 Å². The summed E-state index contributed by atoms with van der Waals surface area (Å²) in [6, 6.07) is 0. The molecule has 1 aliphatic carbocycles. The molecule has 1 atom stereocenters. The molecule has 0 aromatic carbocycles. The average molecular weight is 296 g/mol. The van der Waals surface area contributed by atoms with Crippen LogP contribution in [0.1, 0.15) is 53.4 Å². The lowest BCUT2D eigenvalue weighted by Gasteiger charge is -2.36. The summed E-state index contributed by atoms with van der Waals surface area (Å²) in [7, 11) is 0. The molecule has 0 aromatic rings. The van der Waals surface area contributed by atoms with Crippen LogP contribution in [0.15, 0.2) is 0 Å². The van der Waals surface area contributed by atoms with Crippen LogP contribution in [0.2, 0.25) is 0 Å². The zero-order valence-electron chi connectivity index (χ0n) is 14.2. The highest BCUT2D eigenvalue weighted by Crippen LogP contribution is 2.42. The van der Waals surface area contributed by atoms with E-state index in [1.54, 1.807) is 0 Å². The van der Waals surface area contributed by atoms with E-state index in [9.17, 15) is 4.79 Å². The van der Waals surface area contributed by atoms with Gasteiger partial charge in [0.05, 0.1) is 6.61 Å². The van der Waals surface area contributed by atoms with E-state index in [1.807, 2.05) is 6.92 Å². The smallest absolute Gasteiger partial charge is 0.327 e. The molecule has 2 aliphatic rings. The second kappa shape index (κ2) is 6.66. The third-order valence-electron chi connectivity index (χ3n) is 4.83. The maximum absolute atomic E-state index is 12.7. The van der Waals surface area contributed by atoms with E-state index >= 15 is 0 Å². The molecule has 0 amide bonds. The van der Waals surface area contributed by atoms with Crippen LogP contribution in [-0.2, 0) is 9.53 Å². The Hall–Kier alpha value is -0.610. The van der Waals surface area contributed by atoms with E-state index < -0.39 is 5.54 Å². The van der Waals surface area contributed by atoms with Gasteiger partial charge in [-0.1, -0.05) is 20.8 Å². The first-order valence-electron chi connectivity index (χ1n) is 8.58. The summed E-state index contributed by atoms with van der Waals surface area (Å²) in [6.45, 7) is 13.0. The Labute approximate surface area is 129 Å². The lowest BCUT2D eigenvalue weighted by Crippen LogP contribution is -2.61. The molecule has 2 fully saturated rings. The quantitative estimate of drug-likeness (QED) is 0.699. The highest BCUT2D eigenvalue weighted by Gasteiger charge is 2.53. The highest BCUT2D eigenvalue weighted by atomic mass is 16.5. The van der Waals surface area contributed by atoms with Gasteiger partial charge in [0.1, 0.15) is 5.54 Å². The standard InChI is InChI=1S/C17H32N2O2/c1-5-10-18-17(14-7-8-14,15(20)21-6-2)13-19-11-9-16(3,4)12-19/h14,18H,5-13H2,1-4H3. The van der Waals surface area contributed by atoms with Crippen molar-refractivity contribution < 1.29 is 9.53 Å². The molecule has 1 unspecified atom stereocenters. The second-order valence-electron chi connectivity index (χ2n) is 7.52. The van der Waals surface area contributed by atoms with Gasteiger partial charge in [0.2, 0.25) is 0 Å². The molecule has 1 aliphatic heterocycles. The number of nitrogens with one attached hydrogen (secondary N) is 1. The molecular formula is C17H32N2O2. The summed E-state index contributed by atoms with van der Waals surface area (Å²) < 4.78 is 5.44. The van der Waals surface area contributed by atoms with Gasteiger partial charge in [-0.15, -0.1) is 0 Å². The predicted octanol–water partition coefficient (Wildman–Crippen LogP) is 2.43. The molecule has 1 saturated carbocycles. The van der Waals surface area contributed by atoms with Crippen LogP contribution in [-0.4, -0.2) is 49.2 Å². The van der Waals surface area contributed by atoms with E-state index in [1.165, 1.54) is 6.42 Å². The van der Waals surface area contributed by atoms with Gasteiger partial charge in [0.25, 0.3) is 0 Å². The number of carbonyl (C=O) groups excluding carboxylic acids is 1. The van der Waals surface area contributed by atoms with Crippen LogP contribution < -0.4 is 5.32 Å². The number of esters is 1. The summed E-state index contributed by atoms with van der Waals surface area (Å²) in [4.78, 5) is 15.1. The molecule has 1 N–H and O–H groups in total. The molecule has 4 heteroatoms. The molecule has 0 bridgehead atoms. The monoisotopic (exact) mass is 296 g/mol. The Kier molecular flexibility index (Phi) is 5.31. The zero-order valence-corrected chi connectivity index (χ0v) is 14.2. The van der Waals surface area contributed by atoms with Gasteiger partial charge in [-0.3, -0.25) is 0 Å². The van der Waals surface area contributed by atoms with Crippen LogP contribution in [0.5, 0.6) is 0 Å². The Morgan fingerprint density at radius 3 is 2.57 bits per heavy atom. The maximum atomic E-state index is 12.7. The largest absolute Gasteiger partial charge is 0.465 e. The normalized spacial score (nSPS) is 24.8. The summed E-state index contributed by atoms with van der Waals surface area (Å²) in [5.41, 5.74) is -0.110. The number of hydrogen-bond acceptors (Lipinski definition) is 4. The van der Waals surface area contributed by atoms with Crippen LogP contribution in [0.4, 0.5) is 0 Å². The SMILES string of the molecule is CCCNC(CN1CCC(C)(C)C1)(C(=O)OCC)C1CC1. The van der Waals surface area contributed by atoms with E-state index in [0.29, 0.717) is 17.9 Å². The molecule has 0 spiro atoms. The van der Waals surface area contributed by atoms with Crippen molar-refractivity contribution >= 4 is 5.97 Å². The van der Waals surface area contributed by atoms with Crippen molar-refractivity contribution in [3.05, 3.63) is 0 Å². The maximum Gasteiger partial charge on any atom is 0.327 e. The number of nitrogens with zero attached hydrogens (tertiary/aromatic N) is 1. The van der Waals surface area contributed by atoms with E-state index in [4.69, 9.17) is 4.74 Å². The first-order chi connectivity index (χ1) is 9.93.